The van der Waals surface area contributed by atoms with E-state index in [0.29, 0.717) is 11.1 Å². The molecular weight excluding hydrogens is 617 g/mol. The number of hydrogen-bond donors (Lipinski definition) is 2. The molecule has 42 heavy (non-hydrogen) atoms. The van der Waals surface area contributed by atoms with Crippen molar-refractivity contribution in [1.82, 2.24) is 0 Å². The zero-order chi connectivity index (χ0) is 30.8. The van der Waals surface area contributed by atoms with Gasteiger partial charge in [-0.05, 0) is 61.0 Å². The highest BCUT2D eigenvalue weighted by Crippen LogP contribution is 2.50. The first-order chi connectivity index (χ1) is 19.8. The van der Waals surface area contributed by atoms with Gasteiger partial charge < -0.3 is 10.6 Å². The molecule has 4 rings (SSSR count). The summed E-state index contributed by atoms with van der Waals surface area (Å²) < 4.78 is 58.1. The fourth-order valence-electron chi connectivity index (χ4n) is 4.15. The van der Waals surface area contributed by atoms with Crippen LogP contribution >= 0.6 is 34.8 Å². The van der Waals surface area contributed by atoms with Crippen LogP contribution in [0.4, 0.5) is 28.9 Å². The van der Waals surface area contributed by atoms with Crippen LogP contribution in [0.1, 0.15) is 43.0 Å². The molecule has 214 valence electrons. The van der Waals surface area contributed by atoms with Crippen molar-refractivity contribution in [3.63, 3.8) is 0 Å². The third-order valence-electron chi connectivity index (χ3n) is 6.35. The zero-order valence-electron chi connectivity index (χ0n) is 21.4. The standard InChI is InChI=1S/C30H18Cl3F4N3O2/c1-16-4-2-3-5-22(16)28(42)39-25-12-17(6-7-18(25)15-38)27(41)40-26-23(32)13-20(14-24(26)33)29(34,30(35,36)37)19-8-10-21(31)11-9-19/h2-14H,1H3,(H,39,42)(H,40,41). The third kappa shape index (κ3) is 6.07. The lowest BCUT2D eigenvalue weighted by molar-refractivity contribution is -0.219. The Balaban J connectivity index is 1.65. The zero-order valence-corrected chi connectivity index (χ0v) is 23.7. The molecular formula is C30H18Cl3F4N3O2. The number of aryl methyl sites for hydroxylation is 1. The van der Waals surface area contributed by atoms with Crippen LogP contribution in [-0.2, 0) is 5.67 Å². The fraction of sp³-hybridized carbons (Fsp3) is 0.100. The monoisotopic (exact) mass is 633 g/mol. The van der Waals surface area contributed by atoms with E-state index in [2.05, 4.69) is 10.6 Å². The van der Waals surface area contributed by atoms with E-state index < -0.39 is 44.8 Å². The van der Waals surface area contributed by atoms with E-state index in [1.54, 1.807) is 31.2 Å². The van der Waals surface area contributed by atoms with Gasteiger partial charge >= 0.3 is 6.18 Å². The lowest BCUT2D eigenvalue weighted by Gasteiger charge is -2.29. The van der Waals surface area contributed by atoms with Gasteiger partial charge in [0, 0.05) is 27.3 Å². The van der Waals surface area contributed by atoms with Gasteiger partial charge in [0.05, 0.1) is 27.0 Å². The van der Waals surface area contributed by atoms with Crippen molar-refractivity contribution >= 4 is 58.0 Å². The van der Waals surface area contributed by atoms with Crippen molar-refractivity contribution < 1.29 is 27.2 Å². The van der Waals surface area contributed by atoms with E-state index in [9.17, 15) is 28.0 Å². The third-order valence-corrected chi connectivity index (χ3v) is 7.20. The summed E-state index contributed by atoms with van der Waals surface area (Å²) in [5.41, 5.74) is -4.81. The summed E-state index contributed by atoms with van der Waals surface area (Å²) in [4.78, 5) is 25.9. The number of nitrogens with zero attached hydrogens (tertiary/aromatic N) is 1. The van der Waals surface area contributed by atoms with Gasteiger partial charge in [-0.25, -0.2) is 4.39 Å². The molecule has 1 atom stereocenters. The van der Waals surface area contributed by atoms with E-state index in [-0.39, 0.29) is 27.5 Å². The van der Waals surface area contributed by atoms with Crippen LogP contribution in [0.15, 0.2) is 78.9 Å². The highest BCUT2D eigenvalue weighted by Gasteiger charge is 2.58. The molecule has 5 nitrogen and oxygen atoms in total. The van der Waals surface area contributed by atoms with E-state index in [1.165, 1.54) is 18.2 Å². The predicted octanol–water partition coefficient (Wildman–Crippen LogP) is 9.11. The molecule has 0 saturated carbocycles. The lowest BCUT2D eigenvalue weighted by atomic mass is 9.87. The molecule has 0 aliphatic rings. The number of anilines is 2. The van der Waals surface area contributed by atoms with Crippen LogP contribution in [0.3, 0.4) is 0 Å². The number of nitriles is 1. The number of carbonyl (C=O) groups is 2. The van der Waals surface area contributed by atoms with Crippen LogP contribution in [0.5, 0.6) is 0 Å². The smallest absolute Gasteiger partial charge is 0.321 e. The topological polar surface area (TPSA) is 82.0 Å². The predicted molar refractivity (Wildman–Crippen MR) is 154 cm³/mol. The molecule has 4 aromatic rings. The number of rotatable bonds is 6. The Morgan fingerprint density at radius 1 is 0.786 bits per heavy atom. The van der Waals surface area contributed by atoms with Gasteiger partial charge in [0.2, 0.25) is 0 Å². The first kappa shape index (κ1) is 30.8. The summed E-state index contributed by atoms with van der Waals surface area (Å²) in [6.07, 6.45) is -5.40. The van der Waals surface area contributed by atoms with E-state index in [0.717, 1.165) is 36.4 Å². The Morgan fingerprint density at radius 3 is 1.98 bits per heavy atom. The molecule has 0 fully saturated rings. The fourth-order valence-corrected chi connectivity index (χ4v) is 4.86. The number of benzene rings is 4. The molecule has 0 saturated heterocycles. The number of hydrogen-bond acceptors (Lipinski definition) is 3. The average molecular weight is 635 g/mol. The second kappa shape index (κ2) is 12.0. The molecule has 0 aliphatic carbocycles. The van der Waals surface area contributed by atoms with Crippen molar-refractivity contribution in [2.75, 3.05) is 10.6 Å². The normalized spacial score (nSPS) is 12.6. The molecule has 0 bridgehead atoms. The SMILES string of the molecule is Cc1ccccc1C(=O)Nc1cc(C(=O)Nc2c(Cl)cc(C(F)(c3ccc(Cl)cc3)C(F)(F)F)cc2Cl)ccc1C#N. The van der Waals surface area contributed by atoms with Crippen LogP contribution in [0.2, 0.25) is 15.1 Å². The maximum absolute atomic E-state index is 15.8. The van der Waals surface area contributed by atoms with E-state index in [4.69, 9.17) is 34.8 Å². The molecule has 1 unspecified atom stereocenters. The van der Waals surface area contributed by atoms with Crippen LogP contribution in [0, 0.1) is 18.3 Å². The molecule has 0 radical (unpaired) electrons. The summed E-state index contributed by atoms with van der Waals surface area (Å²) >= 11 is 18.2. The molecule has 4 aromatic carbocycles. The van der Waals surface area contributed by atoms with Crippen molar-refractivity contribution in [3.05, 3.63) is 127 Å². The second-order valence-electron chi connectivity index (χ2n) is 9.07. The lowest BCUT2D eigenvalue weighted by Crippen LogP contribution is -2.39. The summed E-state index contributed by atoms with van der Waals surface area (Å²) in [5.74, 6) is -1.33. The Labute approximate surface area is 252 Å². The van der Waals surface area contributed by atoms with Gasteiger partial charge in [0.15, 0.2) is 0 Å². The number of amides is 2. The van der Waals surface area contributed by atoms with E-state index in [1.807, 2.05) is 6.07 Å². The molecule has 0 heterocycles. The van der Waals surface area contributed by atoms with Gasteiger partial charge in [-0.15, -0.1) is 0 Å². The highest BCUT2D eigenvalue weighted by atomic mass is 35.5. The first-order valence-electron chi connectivity index (χ1n) is 12.0. The van der Waals surface area contributed by atoms with Crippen LogP contribution in [-0.4, -0.2) is 18.0 Å². The molecule has 2 amide bonds. The average Bonchev–Trinajstić information content (AvgIpc) is 2.94. The number of alkyl halides is 4. The van der Waals surface area contributed by atoms with E-state index >= 15 is 4.39 Å². The quantitative estimate of drug-likeness (QED) is 0.208. The molecule has 0 aromatic heterocycles. The minimum absolute atomic E-state index is 0.0402. The summed E-state index contributed by atoms with van der Waals surface area (Å²) in [5, 5.41) is 13.7. The Bertz CT molecular complexity index is 1710. The van der Waals surface area contributed by atoms with Gasteiger partial charge in [0.25, 0.3) is 17.5 Å². The summed E-state index contributed by atoms with van der Waals surface area (Å²) in [6.45, 7) is 1.74. The molecule has 12 heteroatoms. The summed E-state index contributed by atoms with van der Waals surface area (Å²) in [6, 6.07) is 18.0. The molecule has 0 spiro atoms. The maximum atomic E-state index is 15.8. The first-order valence-corrected chi connectivity index (χ1v) is 13.1. The summed E-state index contributed by atoms with van der Waals surface area (Å²) in [7, 11) is 0. The Kier molecular flexibility index (Phi) is 8.83. The van der Waals surface area contributed by atoms with Crippen molar-refractivity contribution in [2.45, 2.75) is 18.8 Å². The van der Waals surface area contributed by atoms with Crippen LogP contribution in [0.25, 0.3) is 0 Å². The number of nitrogens with one attached hydrogen (secondary N) is 2. The molecule has 0 aliphatic heterocycles. The Hall–Kier alpha value is -4.10. The number of carbonyl (C=O) groups excluding carboxylic acids is 2. The van der Waals surface area contributed by atoms with Crippen LogP contribution < -0.4 is 10.6 Å². The van der Waals surface area contributed by atoms with Crippen molar-refractivity contribution in [3.8, 4) is 6.07 Å². The maximum Gasteiger partial charge on any atom is 0.431 e. The molecule has 2 N–H and O–H groups in total. The van der Waals surface area contributed by atoms with Gasteiger partial charge in [-0.2, -0.15) is 18.4 Å². The Morgan fingerprint density at radius 2 is 1.40 bits per heavy atom. The minimum atomic E-state index is -5.40. The van der Waals surface area contributed by atoms with Gasteiger partial charge in [-0.1, -0.05) is 65.1 Å². The second-order valence-corrected chi connectivity index (χ2v) is 10.3. The number of halogens is 7. The highest BCUT2D eigenvalue weighted by molar-refractivity contribution is 6.40. The largest absolute Gasteiger partial charge is 0.431 e. The van der Waals surface area contributed by atoms with Gasteiger partial charge in [0.1, 0.15) is 6.07 Å². The minimum Gasteiger partial charge on any atom is -0.321 e. The van der Waals surface area contributed by atoms with Crippen molar-refractivity contribution in [2.24, 2.45) is 0 Å². The van der Waals surface area contributed by atoms with Gasteiger partial charge in [-0.3, -0.25) is 9.59 Å². The van der Waals surface area contributed by atoms with Crippen molar-refractivity contribution in [1.29, 1.82) is 5.26 Å².